The molecule has 0 amide bonds. The van der Waals surface area contributed by atoms with Crippen LogP contribution in [0.5, 0.6) is 0 Å². The van der Waals surface area contributed by atoms with E-state index in [1.165, 1.54) is 32.1 Å². The smallest absolute Gasteiger partial charge is 0.311 e. The van der Waals surface area contributed by atoms with E-state index in [1.54, 1.807) is 0 Å². The monoisotopic (exact) mass is 310 g/mol. The van der Waals surface area contributed by atoms with Crippen molar-refractivity contribution in [3.05, 3.63) is 0 Å². The van der Waals surface area contributed by atoms with Gasteiger partial charge in [-0.25, -0.2) is 0 Å². The minimum absolute atomic E-state index is 0. The number of ether oxygens (including phenoxy) is 1. The average Bonchev–Trinajstić information content (AvgIpc) is 2.41. The van der Waals surface area contributed by atoms with Crippen LogP contribution in [0.1, 0.15) is 81.1 Å². The molecule has 0 saturated heterocycles. The van der Waals surface area contributed by atoms with Crippen LogP contribution in [0, 0.1) is 34.5 Å². The summed E-state index contributed by atoms with van der Waals surface area (Å²) in [6.07, 6.45) is 7.87. The lowest BCUT2D eigenvalue weighted by molar-refractivity contribution is -0.172. The molecule has 2 heteroatoms. The molecule has 0 N–H and O–H groups in total. The third-order valence-electron chi connectivity index (χ3n) is 6.95. The molecule has 4 fully saturated rings. The van der Waals surface area contributed by atoms with Crippen molar-refractivity contribution in [1.82, 2.24) is 0 Å². The highest BCUT2D eigenvalue weighted by Gasteiger charge is 2.55. The molecule has 0 atom stereocenters. The van der Waals surface area contributed by atoms with Crippen molar-refractivity contribution in [3.8, 4) is 0 Å². The molecule has 4 aliphatic carbocycles. The Balaban J connectivity index is 0.00000121. The number of esters is 1. The second-order valence-corrected chi connectivity index (χ2v) is 8.62. The summed E-state index contributed by atoms with van der Waals surface area (Å²) < 4.78 is 5.79. The second kappa shape index (κ2) is 6.53. The van der Waals surface area contributed by atoms with Crippen molar-refractivity contribution in [3.63, 3.8) is 0 Å². The van der Waals surface area contributed by atoms with Crippen molar-refractivity contribution < 1.29 is 9.53 Å². The summed E-state index contributed by atoms with van der Waals surface area (Å²) in [7, 11) is 0. The molecular formula is C20H38O2. The third-order valence-corrected chi connectivity index (χ3v) is 6.95. The molecule has 0 heterocycles. The van der Waals surface area contributed by atoms with Gasteiger partial charge in [-0.1, -0.05) is 28.7 Å². The van der Waals surface area contributed by atoms with Gasteiger partial charge in [-0.2, -0.15) is 0 Å². The van der Waals surface area contributed by atoms with E-state index in [2.05, 4.69) is 13.8 Å². The van der Waals surface area contributed by atoms with Crippen LogP contribution < -0.4 is 0 Å². The summed E-state index contributed by atoms with van der Waals surface area (Å²) in [6, 6.07) is 0. The Morgan fingerprint density at radius 1 is 1.05 bits per heavy atom. The fourth-order valence-electron chi connectivity index (χ4n) is 5.06. The quantitative estimate of drug-likeness (QED) is 0.622. The van der Waals surface area contributed by atoms with Gasteiger partial charge >= 0.3 is 5.97 Å². The van der Waals surface area contributed by atoms with E-state index in [1.807, 2.05) is 13.8 Å². The van der Waals surface area contributed by atoms with E-state index in [9.17, 15) is 4.79 Å². The van der Waals surface area contributed by atoms with Crippen LogP contribution in [-0.4, -0.2) is 12.6 Å². The maximum atomic E-state index is 12.3. The molecule has 0 spiro atoms. The van der Waals surface area contributed by atoms with Crippen LogP contribution in [0.2, 0.25) is 0 Å². The van der Waals surface area contributed by atoms with Crippen molar-refractivity contribution in [2.24, 2.45) is 34.5 Å². The summed E-state index contributed by atoms with van der Waals surface area (Å²) in [4.78, 5) is 12.3. The molecular weight excluding hydrogens is 272 g/mol. The number of rotatable bonds is 4. The van der Waals surface area contributed by atoms with Gasteiger partial charge < -0.3 is 4.74 Å². The minimum atomic E-state index is -0.331. The van der Waals surface area contributed by atoms with Gasteiger partial charge in [0.2, 0.25) is 0 Å². The highest BCUT2D eigenvalue weighted by molar-refractivity contribution is 5.75. The predicted octanol–water partition coefficient (Wildman–Crippen LogP) is 5.70. The first-order valence-electron chi connectivity index (χ1n) is 8.52. The van der Waals surface area contributed by atoms with Crippen LogP contribution in [0.15, 0.2) is 0 Å². The highest BCUT2D eigenvalue weighted by Crippen LogP contribution is 2.62. The van der Waals surface area contributed by atoms with E-state index < -0.39 is 0 Å². The van der Waals surface area contributed by atoms with Gasteiger partial charge in [-0.05, 0) is 76.0 Å². The fourth-order valence-corrected chi connectivity index (χ4v) is 5.06. The lowest BCUT2D eigenvalue weighted by atomic mass is 9.46. The largest absolute Gasteiger partial charge is 0.465 e. The zero-order chi connectivity index (χ0) is 14.5. The zero-order valence-electron chi connectivity index (χ0n) is 13.6. The Morgan fingerprint density at radius 2 is 1.50 bits per heavy atom. The fraction of sp³-hybridized carbons (Fsp3) is 0.950. The molecule has 0 aliphatic heterocycles. The van der Waals surface area contributed by atoms with Crippen LogP contribution in [0.3, 0.4) is 0 Å². The summed E-state index contributed by atoms with van der Waals surface area (Å²) in [5.74, 6) is 3.56. The molecule has 0 unspecified atom stereocenters. The Kier molecular flexibility index (Phi) is 5.79. The standard InChI is InChI=1S/C18H30O2.2CH4/c1-5-17(2,3)16(19)20-11-18(4)14-7-12-6-13(9-14)10-15(18)8-12;;/h12-15H,5-11H2,1-4H3;2*1H4. The van der Waals surface area contributed by atoms with Gasteiger partial charge in [0, 0.05) is 5.41 Å². The molecule has 4 saturated carbocycles. The van der Waals surface area contributed by atoms with Crippen LogP contribution in [0.4, 0.5) is 0 Å². The van der Waals surface area contributed by atoms with Gasteiger partial charge in [-0.15, -0.1) is 0 Å². The maximum absolute atomic E-state index is 12.3. The van der Waals surface area contributed by atoms with Crippen molar-refractivity contribution in [1.29, 1.82) is 0 Å². The van der Waals surface area contributed by atoms with Gasteiger partial charge in [0.05, 0.1) is 12.0 Å². The molecule has 4 bridgehead atoms. The normalized spacial score (nSPS) is 38.9. The lowest BCUT2D eigenvalue weighted by Gasteiger charge is -2.59. The Morgan fingerprint density at radius 3 is 1.91 bits per heavy atom. The van der Waals surface area contributed by atoms with Crippen molar-refractivity contribution in [2.75, 3.05) is 6.61 Å². The molecule has 22 heavy (non-hydrogen) atoms. The molecule has 130 valence electrons. The van der Waals surface area contributed by atoms with Gasteiger partial charge in [-0.3, -0.25) is 4.79 Å². The van der Waals surface area contributed by atoms with E-state index in [0.29, 0.717) is 6.61 Å². The van der Waals surface area contributed by atoms with Crippen LogP contribution >= 0.6 is 0 Å². The van der Waals surface area contributed by atoms with E-state index >= 15 is 0 Å². The van der Waals surface area contributed by atoms with E-state index in [4.69, 9.17) is 4.74 Å². The molecule has 0 radical (unpaired) electrons. The molecule has 0 aromatic carbocycles. The van der Waals surface area contributed by atoms with Crippen molar-refractivity contribution in [2.45, 2.75) is 81.1 Å². The van der Waals surface area contributed by atoms with Crippen LogP contribution in [-0.2, 0) is 9.53 Å². The number of carbonyl (C=O) groups is 1. The summed E-state index contributed by atoms with van der Waals surface area (Å²) >= 11 is 0. The van der Waals surface area contributed by atoms with E-state index in [0.717, 1.165) is 30.1 Å². The molecule has 0 aromatic heterocycles. The van der Waals surface area contributed by atoms with E-state index in [-0.39, 0.29) is 31.7 Å². The molecule has 0 aromatic rings. The maximum Gasteiger partial charge on any atom is 0.311 e. The average molecular weight is 311 g/mol. The highest BCUT2D eigenvalue weighted by atomic mass is 16.5. The molecule has 4 aliphatic rings. The topological polar surface area (TPSA) is 26.3 Å². The number of hydrogen-bond acceptors (Lipinski definition) is 2. The van der Waals surface area contributed by atoms with Gasteiger partial charge in [0.1, 0.15) is 0 Å². The predicted molar refractivity (Wildman–Crippen MR) is 93.6 cm³/mol. The first kappa shape index (κ1) is 19.5. The van der Waals surface area contributed by atoms with Crippen LogP contribution in [0.25, 0.3) is 0 Å². The Hall–Kier alpha value is -0.530. The third kappa shape index (κ3) is 3.08. The van der Waals surface area contributed by atoms with Gasteiger partial charge in [0.15, 0.2) is 0 Å². The summed E-state index contributed by atoms with van der Waals surface area (Å²) in [6.45, 7) is 9.10. The summed E-state index contributed by atoms with van der Waals surface area (Å²) in [5.41, 5.74) is -0.0742. The SMILES string of the molecule is C.C.CCC(C)(C)C(=O)OCC1(C)C2CC3CC(C2)CC1C3. The number of hydrogen-bond donors (Lipinski definition) is 0. The number of carbonyl (C=O) groups excluding carboxylic acids is 1. The first-order valence-corrected chi connectivity index (χ1v) is 8.52. The van der Waals surface area contributed by atoms with Crippen molar-refractivity contribution >= 4 is 5.97 Å². The summed E-state index contributed by atoms with van der Waals surface area (Å²) in [5, 5.41) is 0. The first-order chi connectivity index (χ1) is 9.35. The molecule has 2 nitrogen and oxygen atoms in total. The Labute approximate surface area is 138 Å². The lowest BCUT2D eigenvalue weighted by Crippen LogP contribution is -2.53. The molecule has 4 rings (SSSR count). The second-order valence-electron chi connectivity index (χ2n) is 8.62. The van der Waals surface area contributed by atoms with Gasteiger partial charge in [0.25, 0.3) is 0 Å². The minimum Gasteiger partial charge on any atom is -0.465 e. The zero-order valence-corrected chi connectivity index (χ0v) is 13.6. The Bertz CT molecular complexity index is 369.